The molecule has 10 rings (SSSR count). The molecule has 6 aromatic carbocycles. The number of nitrogens with zero attached hydrogens (tertiary/aromatic N) is 4. The van der Waals surface area contributed by atoms with Crippen LogP contribution in [0, 0.1) is 6.92 Å². The number of para-hydroxylation sites is 1. The van der Waals surface area contributed by atoms with Gasteiger partial charge in [-0.25, -0.2) is 15.0 Å². The second-order valence-electron chi connectivity index (χ2n) is 17.0. The summed E-state index contributed by atoms with van der Waals surface area (Å²) in [5.41, 5.74) is 16.8. The van der Waals surface area contributed by atoms with Crippen LogP contribution in [0.4, 0.5) is 0 Å². The van der Waals surface area contributed by atoms with Crippen molar-refractivity contribution in [1.82, 2.24) is 19.9 Å². The fourth-order valence-electron chi connectivity index (χ4n) is 9.49. The molecule has 0 amide bonds. The highest BCUT2D eigenvalue weighted by Gasteiger charge is 2.35. The Bertz CT molecular complexity index is 3340. The Labute approximate surface area is 390 Å². The molecule has 6 heteroatoms. The molecule has 0 unspecified atom stereocenters. The van der Waals surface area contributed by atoms with Gasteiger partial charge in [0.2, 0.25) is 0 Å². The topological polar surface area (TPSA) is 68.2 Å². The minimum Gasteiger partial charge on any atom is -0.461 e. The summed E-state index contributed by atoms with van der Waals surface area (Å²) in [7, 11) is 2.14. The number of furan rings is 2. The monoisotopic (exact) mass is 868 g/mol. The predicted octanol–water partition coefficient (Wildman–Crippen LogP) is 16.8. The average Bonchev–Trinajstić information content (AvgIpc) is 3.97. The van der Waals surface area contributed by atoms with E-state index in [1.54, 1.807) is 0 Å². The lowest BCUT2D eigenvalue weighted by molar-refractivity contribution is 0.532. The van der Waals surface area contributed by atoms with Gasteiger partial charge in [0.15, 0.2) is 17.5 Å². The maximum Gasteiger partial charge on any atom is 0.164 e. The molecule has 0 saturated carbocycles. The van der Waals surface area contributed by atoms with Crippen LogP contribution >= 0.6 is 0 Å². The van der Waals surface area contributed by atoms with E-state index in [-0.39, 0.29) is 5.41 Å². The maximum atomic E-state index is 6.64. The summed E-state index contributed by atoms with van der Waals surface area (Å²) >= 11 is 0. The Morgan fingerprint density at radius 3 is 1.94 bits per heavy atom. The van der Waals surface area contributed by atoms with Crippen molar-refractivity contribution in [3.63, 3.8) is 0 Å². The van der Waals surface area contributed by atoms with Crippen molar-refractivity contribution in [3.8, 4) is 45.3 Å². The predicted molar refractivity (Wildman–Crippen MR) is 277 cm³/mol. The Balaban J connectivity index is 0.00000144. The molecule has 0 saturated heterocycles. The maximum absolute atomic E-state index is 6.64. The third-order valence-corrected chi connectivity index (χ3v) is 12.6. The quantitative estimate of drug-likeness (QED) is 0.142. The summed E-state index contributed by atoms with van der Waals surface area (Å²) in [6.07, 6.45) is 4.26. The number of allylic oxidation sites excluding steroid dienone is 4. The van der Waals surface area contributed by atoms with Crippen molar-refractivity contribution >= 4 is 38.5 Å². The second-order valence-corrected chi connectivity index (χ2v) is 17.0. The molecule has 0 radical (unpaired) electrons. The zero-order valence-electron chi connectivity index (χ0n) is 40.5. The Kier molecular flexibility index (Phi) is 12.8. The molecule has 332 valence electrons. The molecular formula is C60H60N4O2. The molecule has 1 aliphatic rings. The van der Waals surface area contributed by atoms with Crippen molar-refractivity contribution in [2.75, 3.05) is 7.05 Å². The highest BCUT2D eigenvalue weighted by Crippen LogP contribution is 2.50. The van der Waals surface area contributed by atoms with E-state index < -0.39 is 0 Å². The van der Waals surface area contributed by atoms with Crippen LogP contribution < -0.4 is 0 Å². The number of benzene rings is 6. The van der Waals surface area contributed by atoms with E-state index in [0.717, 1.165) is 83.5 Å². The van der Waals surface area contributed by atoms with E-state index in [9.17, 15) is 0 Å². The van der Waals surface area contributed by atoms with Gasteiger partial charge in [-0.05, 0) is 98.8 Å². The van der Waals surface area contributed by atoms with Gasteiger partial charge >= 0.3 is 0 Å². The van der Waals surface area contributed by atoms with Crippen LogP contribution in [0.2, 0.25) is 0 Å². The van der Waals surface area contributed by atoms with Gasteiger partial charge in [0.05, 0.1) is 0 Å². The van der Waals surface area contributed by atoms with Crippen molar-refractivity contribution < 1.29 is 8.83 Å². The molecule has 0 fully saturated rings. The molecule has 1 aliphatic carbocycles. The van der Waals surface area contributed by atoms with Gasteiger partial charge in [-0.2, -0.15) is 0 Å². The Hall–Kier alpha value is -7.31. The van der Waals surface area contributed by atoms with Crippen LogP contribution in [0.3, 0.4) is 0 Å². The number of rotatable bonds is 8. The fraction of sp³-hybridized carbons (Fsp3) is 0.217. The number of hydrogen-bond donors (Lipinski definition) is 0. The van der Waals surface area contributed by atoms with E-state index >= 15 is 0 Å². The highest BCUT2D eigenvalue weighted by molar-refractivity contribution is 6.13. The van der Waals surface area contributed by atoms with Crippen molar-refractivity contribution in [2.45, 2.75) is 81.6 Å². The van der Waals surface area contributed by atoms with Crippen LogP contribution in [-0.4, -0.2) is 26.9 Å². The lowest BCUT2D eigenvalue weighted by atomic mass is 9.82. The molecule has 0 atom stereocenters. The summed E-state index contributed by atoms with van der Waals surface area (Å²) < 4.78 is 13.1. The van der Waals surface area contributed by atoms with Gasteiger partial charge in [-0.15, -0.1) is 0 Å². The van der Waals surface area contributed by atoms with Crippen molar-refractivity contribution in [3.05, 3.63) is 191 Å². The third-order valence-electron chi connectivity index (χ3n) is 12.6. The van der Waals surface area contributed by atoms with Gasteiger partial charge in [0, 0.05) is 67.8 Å². The minimum absolute atomic E-state index is 0.166. The van der Waals surface area contributed by atoms with Crippen molar-refractivity contribution in [1.29, 1.82) is 0 Å². The zero-order chi connectivity index (χ0) is 46.9. The second kappa shape index (κ2) is 18.7. The Morgan fingerprint density at radius 1 is 0.576 bits per heavy atom. The van der Waals surface area contributed by atoms with E-state index in [2.05, 4.69) is 164 Å². The molecule has 0 bridgehead atoms. The fourth-order valence-corrected chi connectivity index (χ4v) is 9.49. The lowest BCUT2D eigenvalue weighted by Gasteiger charge is -2.26. The van der Waals surface area contributed by atoms with Crippen LogP contribution in [0.5, 0.6) is 0 Å². The highest BCUT2D eigenvalue weighted by atomic mass is 16.3. The molecule has 6 nitrogen and oxygen atoms in total. The molecule has 9 aromatic rings. The number of aryl methyl sites for hydroxylation is 1. The van der Waals surface area contributed by atoms with Gasteiger partial charge in [-0.3, -0.25) is 0 Å². The van der Waals surface area contributed by atoms with Crippen LogP contribution in [0.15, 0.2) is 171 Å². The van der Waals surface area contributed by atoms with Crippen molar-refractivity contribution in [2.24, 2.45) is 0 Å². The first-order chi connectivity index (χ1) is 32.0. The van der Waals surface area contributed by atoms with Gasteiger partial charge in [-0.1, -0.05) is 156 Å². The number of aromatic nitrogens is 3. The SMILES string of the molecule is C/C=C\C(=C(C)C)N(C)/C(C)=C(\c1ccc2oc3cccc(-c4nc(-c5ccccc5)nc(-c5ccc6c(c5)C(C)(C)c5ccccc5-6)n4)c3c2c1)c1c(C)oc2ccccc12.CC.CC. The summed E-state index contributed by atoms with van der Waals surface area (Å²) in [5.74, 6) is 2.68. The minimum atomic E-state index is -0.166. The van der Waals surface area contributed by atoms with E-state index in [0.29, 0.717) is 17.5 Å². The van der Waals surface area contributed by atoms with E-state index in [4.69, 9.17) is 23.8 Å². The molecule has 3 aromatic heterocycles. The van der Waals surface area contributed by atoms with Crippen LogP contribution in [0.25, 0.3) is 83.8 Å². The van der Waals surface area contributed by atoms with Crippen LogP contribution in [0.1, 0.15) is 97.3 Å². The van der Waals surface area contributed by atoms with Crippen LogP contribution in [-0.2, 0) is 5.41 Å². The average molecular weight is 869 g/mol. The smallest absolute Gasteiger partial charge is 0.164 e. The summed E-state index contributed by atoms with van der Waals surface area (Å²) in [4.78, 5) is 18.0. The molecule has 0 spiro atoms. The van der Waals surface area contributed by atoms with E-state index in [1.165, 1.54) is 27.8 Å². The standard InChI is InChI=1S/C56H48N4O2.2C2H6/c1-9-18-46(33(2)3)60(8)34(4)50(51-35(5)61-47-25-16-14-22-41(47)51)37-28-30-48-43(31-37)52-42(23-17-26-49(52)62-48)55-58-53(36-19-11-10-12-20-36)57-54(59-55)38-27-29-40-39-21-13-15-24-44(39)56(6,7)45(40)32-38;2*1-2/h9-32H,1-8H3;2*1-2H3/b18-9-,50-34+;;. The third kappa shape index (κ3) is 7.85. The number of likely N-dealkylation sites (N-methyl/N-ethyl adjacent to an activating group) is 1. The van der Waals surface area contributed by atoms with Gasteiger partial charge in [0.1, 0.15) is 22.5 Å². The summed E-state index contributed by atoms with van der Waals surface area (Å²) in [6.45, 7) is 23.2. The molecule has 0 N–H and O–H groups in total. The molecule has 66 heavy (non-hydrogen) atoms. The first-order valence-electron chi connectivity index (χ1n) is 23.3. The van der Waals surface area contributed by atoms with Gasteiger partial charge in [0.25, 0.3) is 0 Å². The molecular weight excluding hydrogens is 809 g/mol. The normalized spacial score (nSPS) is 12.8. The first-order valence-corrected chi connectivity index (χ1v) is 23.3. The largest absolute Gasteiger partial charge is 0.461 e. The summed E-state index contributed by atoms with van der Waals surface area (Å²) in [5, 5.41) is 2.99. The molecule has 3 heterocycles. The van der Waals surface area contributed by atoms with Gasteiger partial charge < -0.3 is 13.7 Å². The zero-order valence-corrected chi connectivity index (χ0v) is 40.5. The van der Waals surface area contributed by atoms with E-state index in [1.807, 2.05) is 70.2 Å². The first kappa shape index (κ1) is 45.3. The lowest BCUT2D eigenvalue weighted by Crippen LogP contribution is -2.17. The Morgan fingerprint density at radius 2 is 1.20 bits per heavy atom. The molecule has 0 aliphatic heterocycles. The number of fused-ring (bicyclic) bond motifs is 7. The summed E-state index contributed by atoms with van der Waals surface area (Å²) in [6, 6.07) is 46.5. The number of hydrogen-bond acceptors (Lipinski definition) is 6.